The summed E-state index contributed by atoms with van der Waals surface area (Å²) in [5.74, 6) is -0.701. The second kappa shape index (κ2) is 7.95. The molecule has 0 saturated carbocycles. The first kappa shape index (κ1) is 17.9. The van der Waals surface area contributed by atoms with Gasteiger partial charge in [0.15, 0.2) is 5.78 Å². The van der Waals surface area contributed by atoms with Crippen LogP contribution in [-0.4, -0.2) is 17.6 Å². The minimum absolute atomic E-state index is 0.00873. The Morgan fingerprint density at radius 3 is 2.54 bits per heavy atom. The molecule has 0 bridgehead atoms. The molecule has 0 atom stereocenters. The van der Waals surface area contributed by atoms with Gasteiger partial charge in [0.25, 0.3) is 0 Å². The molecule has 0 saturated heterocycles. The number of aryl methyl sites for hydroxylation is 2. The third-order valence-corrected chi connectivity index (χ3v) is 4.70. The smallest absolute Gasteiger partial charge is 0.248 e. The van der Waals surface area contributed by atoms with Gasteiger partial charge in [-0.25, -0.2) is 0 Å². The number of hydrogen-bond donors (Lipinski definition) is 2. The van der Waals surface area contributed by atoms with Crippen LogP contribution in [0.5, 0.6) is 0 Å². The van der Waals surface area contributed by atoms with Gasteiger partial charge in [-0.1, -0.05) is 24.3 Å². The second-order valence-corrected chi connectivity index (χ2v) is 6.60. The summed E-state index contributed by atoms with van der Waals surface area (Å²) in [6.07, 6.45) is 3.59. The molecule has 1 aliphatic carbocycles. The molecule has 1 aliphatic rings. The number of nitrogens with two attached hydrogens (primary N) is 1. The van der Waals surface area contributed by atoms with E-state index in [0.29, 0.717) is 17.7 Å². The molecule has 2 amide bonds. The summed E-state index contributed by atoms with van der Waals surface area (Å²) in [6.45, 7) is 0.299. The van der Waals surface area contributed by atoms with Crippen LogP contribution < -0.4 is 11.1 Å². The molecule has 0 aliphatic heterocycles. The molecular formula is C21H22N2O3. The zero-order valence-electron chi connectivity index (χ0n) is 14.6. The molecule has 0 spiro atoms. The third-order valence-electron chi connectivity index (χ3n) is 4.70. The Bertz CT molecular complexity index is 858. The zero-order chi connectivity index (χ0) is 18.5. The van der Waals surface area contributed by atoms with E-state index in [-0.39, 0.29) is 24.5 Å². The number of Topliss-reactive ketones (excluding diaryl/α,β-unsaturated/α-hetero) is 1. The molecule has 134 valence electrons. The van der Waals surface area contributed by atoms with Gasteiger partial charge in [0, 0.05) is 30.5 Å². The minimum Gasteiger partial charge on any atom is -0.366 e. The summed E-state index contributed by atoms with van der Waals surface area (Å²) in [6, 6.07) is 12.7. The van der Waals surface area contributed by atoms with Gasteiger partial charge in [-0.3, -0.25) is 14.4 Å². The van der Waals surface area contributed by atoms with Crippen LogP contribution in [0.25, 0.3) is 0 Å². The van der Waals surface area contributed by atoms with E-state index in [1.54, 1.807) is 18.2 Å². The first-order valence-corrected chi connectivity index (χ1v) is 8.83. The molecule has 5 heteroatoms. The highest BCUT2D eigenvalue weighted by Gasteiger charge is 2.15. The summed E-state index contributed by atoms with van der Waals surface area (Å²) in [4.78, 5) is 35.5. The molecule has 0 aromatic heterocycles. The van der Waals surface area contributed by atoms with E-state index >= 15 is 0 Å². The number of amides is 2. The molecule has 0 heterocycles. The standard InChI is InChI=1S/C21H22N2O3/c22-21(26)18-6-1-3-14(11-18)13-23-20(25)10-9-19(24)17-8-7-15-4-2-5-16(15)12-17/h1,3,6-8,11-12H,2,4-5,9-10,13H2,(H2,22,26)(H,23,25). The first-order valence-electron chi connectivity index (χ1n) is 8.83. The predicted molar refractivity (Wildman–Crippen MR) is 98.8 cm³/mol. The Balaban J connectivity index is 1.49. The van der Waals surface area contributed by atoms with Gasteiger partial charge < -0.3 is 11.1 Å². The van der Waals surface area contributed by atoms with Crippen LogP contribution >= 0.6 is 0 Å². The Labute approximate surface area is 152 Å². The number of ketones is 1. The lowest BCUT2D eigenvalue weighted by Crippen LogP contribution is -2.23. The van der Waals surface area contributed by atoms with Crippen LogP contribution in [0.4, 0.5) is 0 Å². The van der Waals surface area contributed by atoms with Crippen molar-refractivity contribution in [2.45, 2.75) is 38.6 Å². The summed E-state index contributed by atoms with van der Waals surface area (Å²) >= 11 is 0. The molecule has 2 aromatic carbocycles. The fourth-order valence-corrected chi connectivity index (χ4v) is 3.24. The largest absolute Gasteiger partial charge is 0.366 e. The number of hydrogen-bond acceptors (Lipinski definition) is 3. The summed E-state index contributed by atoms with van der Waals surface area (Å²) in [5, 5.41) is 2.77. The number of carbonyl (C=O) groups excluding carboxylic acids is 3. The van der Waals surface area contributed by atoms with Crippen molar-refractivity contribution in [1.29, 1.82) is 0 Å². The maximum atomic E-state index is 12.3. The summed E-state index contributed by atoms with van der Waals surface area (Å²) in [5.41, 5.74) is 9.72. The van der Waals surface area contributed by atoms with Gasteiger partial charge in [0.1, 0.15) is 0 Å². The predicted octanol–water partition coefficient (Wildman–Crippen LogP) is 2.55. The van der Waals surface area contributed by atoms with Crippen molar-refractivity contribution in [2.75, 3.05) is 0 Å². The Morgan fingerprint density at radius 1 is 0.923 bits per heavy atom. The maximum absolute atomic E-state index is 12.3. The first-order chi connectivity index (χ1) is 12.5. The topological polar surface area (TPSA) is 89.3 Å². The molecule has 5 nitrogen and oxygen atoms in total. The van der Waals surface area contributed by atoms with Crippen LogP contribution in [0.1, 0.15) is 56.7 Å². The van der Waals surface area contributed by atoms with Crippen LogP contribution in [0.15, 0.2) is 42.5 Å². The van der Waals surface area contributed by atoms with Gasteiger partial charge in [0.2, 0.25) is 11.8 Å². The van der Waals surface area contributed by atoms with Crippen LogP contribution in [0.3, 0.4) is 0 Å². The van der Waals surface area contributed by atoms with E-state index in [0.717, 1.165) is 24.8 Å². The molecule has 0 unspecified atom stereocenters. The van der Waals surface area contributed by atoms with Gasteiger partial charge in [-0.15, -0.1) is 0 Å². The highest BCUT2D eigenvalue weighted by molar-refractivity contribution is 5.98. The third kappa shape index (κ3) is 4.36. The molecule has 3 rings (SSSR count). The lowest BCUT2D eigenvalue weighted by Gasteiger charge is -2.07. The van der Waals surface area contributed by atoms with Gasteiger partial charge >= 0.3 is 0 Å². The van der Waals surface area contributed by atoms with E-state index in [1.165, 1.54) is 11.1 Å². The SMILES string of the molecule is NC(=O)c1cccc(CNC(=O)CCC(=O)c2ccc3c(c2)CCC3)c1. The summed E-state index contributed by atoms with van der Waals surface area (Å²) < 4.78 is 0. The highest BCUT2D eigenvalue weighted by Crippen LogP contribution is 2.23. The molecular weight excluding hydrogens is 328 g/mol. The number of nitrogens with one attached hydrogen (secondary N) is 1. The lowest BCUT2D eigenvalue weighted by molar-refractivity contribution is -0.121. The van der Waals surface area contributed by atoms with Crippen molar-refractivity contribution < 1.29 is 14.4 Å². The zero-order valence-corrected chi connectivity index (χ0v) is 14.6. The van der Waals surface area contributed by atoms with Gasteiger partial charge in [-0.2, -0.15) is 0 Å². The summed E-state index contributed by atoms with van der Waals surface area (Å²) in [7, 11) is 0. The van der Waals surface area contributed by atoms with Crippen LogP contribution in [-0.2, 0) is 24.2 Å². The number of benzene rings is 2. The van der Waals surface area contributed by atoms with Crippen molar-refractivity contribution >= 4 is 17.6 Å². The number of rotatable bonds is 7. The molecule has 2 aromatic rings. The highest BCUT2D eigenvalue weighted by atomic mass is 16.2. The fraction of sp³-hybridized carbons (Fsp3) is 0.286. The molecule has 0 fully saturated rings. The van der Waals surface area contributed by atoms with E-state index in [9.17, 15) is 14.4 Å². The lowest BCUT2D eigenvalue weighted by atomic mass is 10.0. The van der Waals surface area contributed by atoms with Crippen molar-refractivity contribution in [3.05, 3.63) is 70.3 Å². The Kier molecular flexibility index (Phi) is 5.46. The van der Waals surface area contributed by atoms with Crippen molar-refractivity contribution in [2.24, 2.45) is 5.73 Å². The maximum Gasteiger partial charge on any atom is 0.248 e. The van der Waals surface area contributed by atoms with E-state index in [4.69, 9.17) is 5.73 Å². The van der Waals surface area contributed by atoms with Crippen molar-refractivity contribution in [3.8, 4) is 0 Å². The monoisotopic (exact) mass is 350 g/mol. The molecule has 26 heavy (non-hydrogen) atoms. The number of primary amides is 1. The second-order valence-electron chi connectivity index (χ2n) is 6.60. The average molecular weight is 350 g/mol. The fourth-order valence-electron chi connectivity index (χ4n) is 3.24. The normalized spacial score (nSPS) is 12.5. The Morgan fingerprint density at radius 2 is 1.73 bits per heavy atom. The quantitative estimate of drug-likeness (QED) is 0.752. The minimum atomic E-state index is -0.502. The van der Waals surface area contributed by atoms with E-state index in [2.05, 4.69) is 5.32 Å². The number of fused-ring (bicyclic) bond motifs is 1. The average Bonchev–Trinajstić information content (AvgIpc) is 3.12. The van der Waals surface area contributed by atoms with Crippen LogP contribution in [0.2, 0.25) is 0 Å². The molecule has 0 radical (unpaired) electrons. The van der Waals surface area contributed by atoms with E-state index < -0.39 is 5.91 Å². The van der Waals surface area contributed by atoms with Crippen LogP contribution in [0, 0.1) is 0 Å². The molecule has 3 N–H and O–H groups in total. The van der Waals surface area contributed by atoms with E-state index in [1.807, 2.05) is 24.3 Å². The van der Waals surface area contributed by atoms with Gasteiger partial charge in [0.05, 0.1) is 0 Å². The Hall–Kier alpha value is -2.95. The number of carbonyl (C=O) groups is 3. The van der Waals surface area contributed by atoms with Crippen molar-refractivity contribution in [1.82, 2.24) is 5.32 Å². The van der Waals surface area contributed by atoms with Crippen molar-refractivity contribution in [3.63, 3.8) is 0 Å². The van der Waals surface area contributed by atoms with Gasteiger partial charge in [-0.05, 0) is 54.2 Å².